The van der Waals surface area contributed by atoms with Crippen LogP contribution in [0.2, 0.25) is 0 Å². The Labute approximate surface area is 127 Å². The Bertz CT molecular complexity index is 719. The van der Waals surface area contributed by atoms with E-state index < -0.39 is 0 Å². The smallest absolute Gasteiger partial charge is 0.202 e. The number of benzene rings is 1. The molecule has 0 fully saturated rings. The van der Waals surface area contributed by atoms with Gasteiger partial charge in [0.25, 0.3) is 0 Å². The van der Waals surface area contributed by atoms with Gasteiger partial charge in [-0.25, -0.2) is 0 Å². The van der Waals surface area contributed by atoms with E-state index in [2.05, 4.69) is 22.6 Å². The van der Waals surface area contributed by atoms with Gasteiger partial charge >= 0.3 is 0 Å². The summed E-state index contributed by atoms with van der Waals surface area (Å²) in [6, 6.07) is 11.6. The number of anilines is 1. The molecule has 3 nitrogen and oxygen atoms in total. The van der Waals surface area contributed by atoms with Crippen molar-refractivity contribution in [3.8, 4) is 27.5 Å². The molecule has 2 heterocycles. The molecule has 0 amide bonds. The van der Waals surface area contributed by atoms with Crippen LogP contribution < -0.4 is 5.73 Å². The van der Waals surface area contributed by atoms with E-state index in [1.54, 1.807) is 0 Å². The maximum Gasteiger partial charge on any atom is 0.202 e. The Hall–Kier alpha value is -1.47. The van der Waals surface area contributed by atoms with Crippen LogP contribution in [0.3, 0.4) is 0 Å². The first-order valence-corrected chi connectivity index (χ1v) is 7.53. The Kier molecular flexibility index (Phi) is 3.24. The zero-order valence-electron chi connectivity index (χ0n) is 9.76. The molecule has 3 rings (SSSR count). The summed E-state index contributed by atoms with van der Waals surface area (Å²) in [7, 11) is 0. The number of hydrogen-bond donors (Lipinski definition) is 2. The zero-order valence-corrected chi connectivity index (χ0v) is 12.7. The van der Waals surface area contributed by atoms with Gasteiger partial charge in [-0.1, -0.05) is 18.2 Å². The molecular weight excluding hydrogens is 373 g/mol. The fourth-order valence-corrected chi connectivity index (χ4v) is 3.19. The normalized spacial score (nSPS) is 10.8. The minimum absolute atomic E-state index is 0.0990. The molecule has 0 bridgehead atoms. The van der Waals surface area contributed by atoms with E-state index >= 15 is 0 Å². The van der Waals surface area contributed by atoms with Crippen molar-refractivity contribution in [3.63, 3.8) is 0 Å². The van der Waals surface area contributed by atoms with Crippen molar-refractivity contribution < 1.29 is 9.52 Å². The molecule has 2 aromatic heterocycles. The Morgan fingerprint density at radius 3 is 2.74 bits per heavy atom. The molecule has 19 heavy (non-hydrogen) atoms. The quantitative estimate of drug-likeness (QED) is 0.638. The number of furan rings is 1. The van der Waals surface area contributed by atoms with Crippen LogP contribution in [0.25, 0.3) is 21.8 Å². The first-order valence-electron chi connectivity index (χ1n) is 5.58. The van der Waals surface area contributed by atoms with Crippen molar-refractivity contribution in [2.24, 2.45) is 0 Å². The third-order valence-corrected chi connectivity index (χ3v) is 4.31. The largest absolute Gasteiger partial charge is 0.504 e. The highest BCUT2D eigenvalue weighted by atomic mass is 127. The molecule has 0 spiro atoms. The average Bonchev–Trinajstić information content (AvgIpc) is 2.97. The summed E-state index contributed by atoms with van der Waals surface area (Å²) < 4.78 is 6.60. The van der Waals surface area contributed by atoms with Crippen LogP contribution in [0, 0.1) is 3.57 Å². The third kappa shape index (κ3) is 2.23. The molecule has 96 valence electrons. The van der Waals surface area contributed by atoms with E-state index in [0.29, 0.717) is 11.3 Å². The molecule has 0 aliphatic rings. The molecule has 0 aliphatic heterocycles. The number of nitrogens with two attached hydrogens (primary N) is 1. The monoisotopic (exact) mass is 383 g/mol. The highest BCUT2D eigenvalue weighted by Gasteiger charge is 2.21. The maximum absolute atomic E-state index is 10.4. The minimum atomic E-state index is 0.0990. The van der Waals surface area contributed by atoms with E-state index in [4.69, 9.17) is 10.2 Å². The number of nitrogen functional groups attached to an aromatic ring is 1. The molecule has 1 aromatic carbocycles. The fourth-order valence-electron chi connectivity index (χ4n) is 1.94. The molecule has 0 atom stereocenters. The number of rotatable bonds is 2. The van der Waals surface area contributed by atoms with Crippen molar-refractivity contribution in [2.45, 2.75) is 0 Å². The molecule has 5 heteroatoms. The summed E-state index contributed by atoms with van der Waals surface area (Å²) in [6.07, 6.45) is 0. The highest BCUT2D eigenvalue weighted by Crippen LogP contribution is 2.46. The van der Waals surface area contributed by atoms with Gasteiger partial charge in [-0.15, -0.1) is 11.3 Å². The summed E-state index contributed by atoms with van der Waals surface area (Å²) in [6.45, 7) is 0. The van der Waals surface area contributed by atoms with Gasteiger partial charge in [0.2, 0.25) is 5.88 Å². The topological polar surface area (TPSA) is 59.4 Å². The van der Waals surface area contributed by atoms with E-state index in [-0.39, 0.29) is 11.6 Å². The Morgan fingerprint density at radius 1 is 1.21 bits per heavy atom. The molecule has 0 saturated heterocycles. The van der Waals surface area contributed by atoms with Gasteiger partial charge in [-0.3, -0.25) is 0 Å². The Balaban J connectivity index is 2.18. The number of aromatic hydroxyl groups is 1. The SMILES string of the molecule is Nc1oc(-c2cccs2)c(O)c1-c1cccc(I)c1. The van der Waals surface area contributed by atoms with Gasteiger partial charge in [0.1, 0.15) is 0 Å². The minimum Gasteiger partial charge on any atom is -0.504 e. The lowest BCUT2D eigenvalue weighted by Crippen LogP contribution is -1.85. The first-order chi connectivity index (χ1) is 9.16. The predicted octanol–water partition coefficient (Wildman–Crippen LogP) is 4.57. The van der Waals surface area contributed by atoms with Gasteiger partial charge in [0.15, 0.2) is 11.5 Å². The second-order valence-corrected chi connectivity index (χ2v) is 6.20. The second kappa shape index (κ2) is 4.90. The van der Waals surface area contributed by atoms with Crippen LogP contribution in [0.15, 0.2) is 46.2 Å². The molecular formula is C14H10INO2S. The number of thiophene rings is 1. The van der Waals surface area contributed by atoms with Crippen LogP contribution in [0.1, 0.15) is 0 Å². The van der Waals surface area contributed by atoms with Gasteiger partial charge in [0.05, 0.1) is 10.4 Å². The van der Waals surface area contributed by atoms with E-state index in [1.165, 1.54) is 11.3 Å². The lowest BCUT2D eigenvalue weighted by molar-refractivity contribution is 0.467. The van der Waals surface area contributed by atoms with E-state index in [9.17, 15) is 5.11 Å². The van der Waals surface area contributed by atoms with Crippen LogP contribution in [0.4, 0.5) is 5.88 Å². The molecule has 3 N–H and O–H groups in total. The molecule has 0 saturated carbocycles. The summed E-state index contributed by atoms with van der Waals surface area (Å²) in [5, 5.41) is 12.3. The van der Waals surface area contributed by atoms with Crippen LogP contribution in [-0.2, 0) is 0 Å². The van der Waals surface area contributed by atoms with Crippen molar-refractivity contribution in [1.29, 1.82) is 0 Å². The van der Waals surface area contributed by atoms with Crippen molar-refractivity contribution in [3.05, 3.63) is 45.3 Å². The number of halogens is 1. The van der Waals surface area contributed by atoms with E-state index in [0.717, 1.165) is 14.0 Å². The molecule has 0 aliphatic carbocycles. The summed E-state index contributed by atoms with van der Waals surface area (Å²) in [5.41, 5.74) is 7.32. The molecule has 0 radical (unpaired) electrons. The second-order valence-electron chi connectivity index (χ2n) is 4.01. The van der Waals surface area contributed by atoms with Crippen LogP contribution in [0.5, 0.6) is 5.75 Å². The first kappa shape index (κ1) is 12.6. The van der Waals surface area contributed by atoms with Crippen molar-refractivity contribution >= 4 is 39.8 Å². The summed E-state index contributed by atoms with van der Waals surface area (Å²) in [5.74, 6) is 0.770. The maximum atomic E-state index is 10.4. The summed E-state index contributed by atoms with van der Waals surface area (Å²) in [4.78, 5) is 0.862. The standard InChI is InChI=1S/C14H10INO2S/c15-9-4-1-3-8(7-9)11-12(17)13(18-14(11)16)10-5-2-6-19-10/h1-7,17H,16H2. The lowest BCUT2D eigenvalue weighted by atomic mass is 10.1. The highest BCUT2D eigenvalue weighted by molar-refractivity contribution is 14.1. The number of hydrogen-bond acceptors (Lipinski definition) is 4. The summed E-state index contributed by atoms with van der Waals surface area (Å²) >= 11 is 3.72. The van der Waals surface area contributed by atoms with Gasteiger partial charge in [0, 0.05) is 3.57 Å². The van der Waals surface area contributed by atoms with Gasteiger partial charge < -0.3 is 15.3 Å². The van der Waals surface area contributed by atoms with Gasteiger partial charge in [-0.05, 0) is 51.7 Å². The Morgan fingerprint density at radius 2 is 2.05 bits per heavy atom. The van der Waals surface area contributed by atoms with Crippen molar-refractivity contribution in [2.75, 3.05) is 5.73 Å². The molecule has 0 unspecified atom stereocenters. The third-order valence-electron chi connectivity index (χ3n) is 2.77. The van der Waals surface area contributed by atoms with Crippen molar-refractivity contribution in [1.82, 2.24) is 0 Å². The average molecular weight is 383 g/mol. The molecule has 3 aromatic rings. The van der Waals surface area contributed by atoms with E-state index in [1.807, 2.05) is 41.8 Å². The van der Waals surface area contributed by atoms with Crippen LogP contribution in [-0.4, -0.2) is 5.11 Å². The fraction of sp³-hybridized carbons (Fsp3) is 0. The van der Waals surface area contributed by atoms with Gasteiger partial charge in [-0.2, -0.15) is 0 Å². The predicted molar refractivity (Wildman–Crippen MR) is 86.3 cm³/mol. The van der Waals surface area contributed by atoms with Crippen LogP contribution >= 0.6 is 33.9 Å². The zero-order chi connectivity index (χ0) is 13.4. The lowest BCUT2D eigenvalue weighted by Gasteiger charge is -2.00.